The van der Waals surface area contributed by atoms with Crippen LogP contribution in [0.4, 0.5) is 4.79 Å². The average molecular weight is 284 g/mol. The molecule has 1 fully saturated rings. The topological polar surface area (TPSA) is 78.4 Å². The lowest BCUT2D eigenvalue weighted by molar-refractivity contribution is -0.144. The molecule has 0 radical (unpaired) electrons. The molecule has 0 spiro atoms. The summed E-state index contributed by atoms with van der Waals surface area (Å²) >= 11 is 0. The number of carboxylic acids is 1. The van der Waals surface area contributed by atoms with Crippen molar-refractivity contribution in [3.63, 3.8) is 0 Å². The van der Waals surface area contributed by atoms with Gasteiger partial charge in [0.15, 0.2) is 0 Å². The molecule has 1 rings (SSSR count). The molecule has 1 aliphatic carbocycles. The van der Waals surface area contributed by atoms with Gasteiger partial charge < -0.3 is 15.7 Å². The van der Waals surface area contributed by atoms with Gasteiger partial charge in [0, 0.05) is 12.1 Å². The number of urea groups is 1. The third-order valence-corrected chi connectivity index (χ3v) is 4.73. The van der Waals surface area contributed by atoms with E-state index in [2.05, 4.69) is 10.6 Å². The highest BCUT2D eigenvalue weighted by molar-refractivity contribution is 5.75. The number of amides is 2. The van der Waals surface area contributed by atoms with E-state index < -0.39 is 5.97 Å². The van der Waals surface area contributed by atoms with Crippen molar-refractivity contribution in [1.82, 2.24) is 10.6 Å². The lowest BCUT2D eigenvalue weighted by Crippen LogP contribution is -2.51. The molecule has 0 heterocycles. The number of carboxylic acid groups (broad SMARTS) is 1. The summed E-state index contributed by atoms with van der Waals surface area (Å²) in [4.78, 5) is 23.1. The Morgan fingerprint density at radius 3 is 2.35 bits per heavy atom. The first kappa shape index (κ1) is 16.8. The number of rotatable bonds is 6. The van der Waals surface area contributed by atoms with Crippen molar-refractivity contribution < 1.29 is 14.7 Å². The fraction of sp³-hybridized carbons (Fsp3) is 0.867. The highest BCUT2D eigenvalue weighted by Crippen LogP contribution is 2.29. The zero-order valence-corrected chi connectivity index (χ0v) is 12.9. The first-order valence-electron chi connectivity index (χ1n) is 7.70. The van der Waals surface area contributed by atoms with E-state index in [-0.39, 0.29) is 23.4 Å². The number of hydrogen-bond donors (Lipinski definition) is 3. The second kappa shape index (κ2) is 7.50. The van der Waals surface area contributed by atoms with Gasteiger partial charge in [0.2, 0.25) is 0 Å². The molecule has 0 saturated heterocycles. The van der Waals surface area contributed by atoms with E-state index in [4.69, 9.17) is 0 Å². The van der Waals surface area contributed by atoms with E-state index in [1.807, 2.05) is 20.8 Å². The predicted molar refractivity (Wildman–Crippen MR) is 78.6 cm³/mol. The molecule has 0 aromatic rings. The minimum Gasteiger partial charge on any atom is -0.481 e. The van der Waals surface area contributed by atoms with E-state index in [0.717, 1.165) is 38.5 Å². The van der Waals surface area contributed by atoms with Crippen LogP contribution in [0.15, 0.2) is 0 Å². The normalized spacial score (nSPS) is 23.1. The Morgan fingerprint density at radius 2 is 1.80 bits per heavy atom. The minimum absolute atomic E-state index is 0.0570. The molecule has 0 aromatic carbocycles. The maximum absolute atomic E-state index is 11.9. The molecule has 5 heteroatoms. The van der Waals surface area contributed by atoms with Crippen LogP contribution >= 0.6 is 0 Å². The molecule has 20 heavy (non-hydrogen) atoms. The van der Waals surface area contributed by atoms with Gasteiger partial charge in [0.25, 0.3) is 0 Å². The van der Waals surface area contributed by atoms with Gasteiger partial charge >= 0.3 is 12.0 Å². The summed E-state index contributed by atoms with van der Waals surface area (Å²) < 4.78 is 0. The standard InChI is InChI=1S/C15H28N2O3/c1-4-15(3,5-2)17-14(20)16-10-11-8-6-7-9-12(11)13(18)19/h11-12H,4-10H2,1-3H3,(H,18,19)(H2,16,17,20). The zero-order valence-electron chi connectivity index (χ0n) is 12.9. The molecule has 0 bridgehead atoms. The Kier molecular flexibility index (Phi) is 6.30. The van der Waals surface area contributed by atoms with Crippen LogP contribution in [-0.2, 0) is 4.79 Å². The SMILES string of the molecule is CCC(C)(CC)NC(=O)NCC1CCCCC1C(=O)O. The summed E-state index contributed by atoms with van der Waals surface area (Å²) in [5, 5.41) is 15.0. The molecule has 116 valence electrons. The second-order valence-electron chi connectivity index (χ2n) is 6.09. The lowest BCUT2D eigenvalue weighted by atomic mass is 9.79. The first-order valence-corrected chi connectivity index (χ1v) is 7.70. The summed E-state index contributed by atoms with van der Waals surface area (Å²) in [5.74, 6) is -0.988. The Morgan fingerprint density at radius 1 is 1.20 bits per heavy atom. The van der Waals surface area contributed by atoms with Gasteiger partial charge in [-0.05, 0) is 38.5 Å². The molecule has 2 amide bonds. The van der Waals surface area contributed by atoms with Crippen LogP contribution in [0.1, 0.15) is 59.3 Å². The van der Waals surface area contributed by atoms with E-state index in [9.17, 15) is 14.7 Å². The van der Waals surface area contributed by atoms with Crippen molar-refractivity contribution in [1.29, 1.82) is 0 Å². The quantitative estimate of drug-likeness (QED) is 0.701. The average Bonchev–Trinajstić information content (AvgIpc) is 2.45. The fourth-order valence-electron chi connectivity index (χ4n) is 2.75. The number of nitrogens with one attached hydrogen (secondary N) is 2. The molecule has 2 atom stereocenters. The molecule has 2 unspecified atom stereocenters. The van der Waals surface area contributed by atoms with Gasteiger partial charge in [-0.2, -0.15) is 0 Å². The van der Waals surface area contributed by atoms with Crippen molar-refractivity contribution in [2.75, 3.05) is 6.54 Å². The fourth-order valence-corrected chi connectivity index (χ4v) is 2.75. The van der Waals surface area contributed by atoms with Crippen molar-refractivity contribution in [3.05, 3.63) is 0 Å². The monoisotopic (exact) mass is 284 g/mol. The van der Waals surface area contributed by atoms with E-state index in [1.54, 1.807) is 0 Å². The van der Waals surface area contributed by atoms with Crippen LogP contribution in [0.3, 0.4) is 0 Å². The third-order valence-electron chi connectivity index (χ3n) is 4.73. The number of hydrogen-bond acceptors (Lipinski definition) is 2. The Labute approximate surface area is 121 Å². The van der Waals surface area contributed by atoms with Gasteiger partial charge in [0.1, 0.15) is 0 Å². The number of aliphatic carboxylic acids is 1. The summed E-state index contributed by atoms with van der Waals surface area (Å²) in [5.41, 5.74) is -0.192. The van der Waals surface area contributed by atoms with Crippen molar-refractivity contribution in [3.8, 4) is 0 Å². The molecule has 1 aliphatic rings. The van der Waals surface area contributed by atoms with Gasteiger partial charge in [-0.1, -0.05) is 26.7 Å². The predicted octanol–water partition coefficient (Wildman–Crippen LogP) is 2.76. The zero-order chi connectivity index (χ0) is 15.2. The van der Waals surface area contributed by atoms with Gasteiger partial charge in [-0.3, -0.25) is 4.79 Å². The van der Waals surface area contributed by atoms with Crippen LogP contribution in [0.2, 0.25) is 0 Å². The first-order chi connectivity index (χ1) is 9.41. The van der Waals surface area contributed by atoms with Crippen LogP contribution in [0, 0.1) is 11.8 Å². The van der Waals surface area contributed by atoms with Gasteiger partial charge in [0.05, 0.1) is 5.92 Å². The van der Waals surface area contributed by atoms with Crippen LogP contribution in [0.25, 0.3) is 0 Å². The maximum atomic E-state index is 11.9. The molecule has 5 nitrogen and oxygen atoms in total. The molecule has 0 aliphatic heterocycles. The van der Waals surface area contributed by atoms with Crippen molar-refractivity contribution in [2.45, 2.75) is 64.8 Å². The smallest absolute Gasteiger partial charge is 0.315 e. The maximum Gasteiger partial charge on any atom is 0.315 e. The van der Waals surface area contributed by atoms with Crippen LogP contribution in [-0.4, -0.2) is 29.2 Å². The van der Waals surface area contributed by atoms with Gasteiger partial charge in [-0.25, -0.2) is 4.79 Å². The summed E-state index contributed by atoms with van der Waals surface area (Å²) in [6.07, 6.45) is 5.39. The molecule has 1 saturated carbocycles. The van der Waals surface area contributed by atoms with Crippen molar-refractivity contribution in [2.24, 2.45) is 11.8 Å². The minimum atomic E-state index is -0.733. The van der Waals surface area contributed by atoms with Gasteiger partial charge in [-0.15, -0.1) is 0 Å². The summed E-state index contributed by atoms with van der Waals surface area (Å²) in [6, 6.07) is -0.189. The third kappa shape index (κ3) is 4.69. The molecular weight excluding hydrogens is 256 g/mol. The van der Waals surface area contributed by atoms with Crippen LogP contribution < -0.4 is 10.6 Å². The largest absolute Gasteiger partial charge is 0.481 e. The lowest BCUT2D eigenvalue weighted by Gasteiger charge is -2.31. The Hall–Kier alpha value is -1.26. The number of carbonyl (C=O) groups is 2. The van der Waals surface area contributed by atoms with Crippen LogP contribution in [0.5, 0.6) is 0 Å². The molecular formula is C15H28N2O3. The van der Waals surface area contributed by atoms with E-state index >= 15 is 0 Å². The summed E-state index contributed by atoms with van der Waals surface area (Å²) in [6.45, 7) is 6.57. The summed E-state index contributed by atoms with van der Waals surface area (Å²) in [7, 11) is 0. The van der Waals surface area contributed by atoms with Crippen molar-refractivity contribution >= 4 is 12.0 Å². The highest BCUT2D eigenvalue weighted by Gasteiger charge is 2.31. The highest BCUT2D eigenvalue weighted by atomic mass is 16.4. The van der Waals surface area contributed by atoms with E-state index in [1.165, 1.54) is 0 Å². The van der Waals surface area contributed by atoms with E-state index in [0.29, 0.717) is 6.54 Å². The Balaban J connectivity index is 2.45. The molecule has 3 N–H and O–H groups in total. The molecule has 0 aromatic heterocycles. The Bertz CT molecular complexity index is 340. The second-order valence-corrected chi connectivity index (χ2v) is 6.09. The number of carbonyl (C=O) groups excluding carboxylic acids is 1.